The lowest BCUT2D eigenvalue weighted by Gasteiger charge is -2.14. The molecule has 0 aliphatic heterocycles. The van der Waals surface area contributed by atoms with Crippen molar-refractivity contribution >= 4 is 71.1 Å². The minimum Gasteiger partial charge on any atom is -0.493 e. The average molecular weight is 543 g/mol. The number of halogens is 3. The highest BCUT2D eigenvalue weighted by molar-refractivity contribution is 9.14. The maximum absolute atomic E-state index is 12.2. The smallest absolute Gasteiger partial charge is 0.234 e. The van der Waals surface area contributed by atoms with E-state index in [4.69, 9.17) is 4.74 Å². The second-order valence-electron chi connectivity index (χ2n) is 5.06. The summed E-state index contributed by atoms with van der Waals surface area (Å²) >= 11 is 11.6. The Morgan fingerprint density at radius 1 is 1.38 bits per heavy atom. The Labute approximate surface area is 169 Å². The molecule has 0 bridgehead atoms. The molecule has 2 rings (SSSR count). The molecule has 0 atom stereocenters. The Hall–Kier alpha value is -0.580. The molecule has 0 aliphatic carbocycles. The van der Waals surface area contributed by atoms with Gasteiger partial charge in [0.2, 0.25) is 11.1 Å². The number of rotatable bonds is 6. The van der Waals surface area contributed by atoms with Gasteiger partial charge in [-0.05, 0) is 53.9 Å². The lowest BCUT2D eigenvalue weighted by atomic mass is 10.2. The van der Waals surface area contributed by atoms with E-state index in [9.17, 15) is 4.79 Å². The number of hydrogen-bond acceptors (Lipinski definition) is 5. The van der Waals surface area contributed by atoms with Gasteiger partial charge in [-0.3, -0.25) is 9.89 Å². The fourth-order valence-electron chi connectivity index (χ4n) is 1.77. The predicted molar refractivity (Wildman–Crippen MR) is 106 cm³/mol. The molecule has 2 N–H and O–H groups in total. The summed E-state index contributed by atoms with van der Waals surface area (Å²) in [6.45, 7) is 4.05. The molecule has 0 unspecified atom stereocenters. The molecule has 1 amide bonds. The van der Waals surface area contributed by atoms with Crippen LogP contribution in [0, 0.1) is 0 Å². The molecular formula is C14H15Br3N4O2S. The SMILES string of the molecule is COc1c(NC(=O)CSc2n[nH]c(C(C)C)n2)cc(Br)c(Br)c1Br. The predicted octanol–water partition coefficient (Wildman–Crippen LogP) is 4.96. The summed E-state index contributed by atoms with van der Waals surface area (Å²) in [5.74, 6) is 1.64. The molecular weight excluding hydrogens is 528 g/mol. The minimum absolute atomic E-state index is 0.171. The maximum atomic E-state index is 12.2. The van der Waals surface area contributed by atoms with Crippen LogP contribution < -0.4 is 10.1 Å². The van der Waals surface area contributed by atoms with E-state index >= 15 is 0 Å². The Morgan fingerprint density at radius 3 is 2.67 bits per heavy atom. The quantitative estimate of drug-likeness (QED) is 0.398. The van der Waals surface area contributed by atoms with E-state index in [0.717, 1.165) is 19.2 Å². The number of amides is 1. The number of aromatic amines is 1. The first-order chi connectivity index (χ1) is 11.3. The molecule has 1 aromatic heterocycles. The van der Waals surface area contributed by atoms with Crippen LogP contribution in [-0.4, -0.2) is 34.0 Å². The zero-order chi connectivity index (χ0) is 17.9. The summed E-state index contributed by atoms with van der Waals surface area (Å²) in [4.78, 5) is 16.5. The second-order valence-corrected chi connectivity index (χ2v) is 8.44. The van der Waals surface area contributed by atoms with Crippen LogP contribution in [-0.2, 0) is 4.79 Å². The van der Waals surface area contributed by atoms with E-state index in [2.05, 4.69) is 68.3 Å². The first-order valence-electron chi connectivity index (χ1n) is 6.89. The number of nitrogens with zero attached hydrogens (tertiary/aromatic N) is 2. The molecule has 10 heteroatoms. The van der Waals surface area contributed by atoms with Gasteiger partial charge >= 0.3 is 0 Å². The number of aromatic nitrogens is 3. The third kappa shape index (κ3) is 4.74. The second kappa shape index (κ2) is 8.68. The summed E-state index contributed by atoms with van der Waals surface area (Å²) in [5, 5.41) is 10.4. The van der Waals surface area contributed by atoms with Crippen molar-refractivity contribution in [3.8, 4) is 5.75 Å². The standard InChI is InChI=1S/C14H15Br3N4O2S/c1-6(2)13-19-14(21-20-13)24-5-9(22)18-8-4-7(15)10(16)11(17)12(8)23-3/h4,6H,5H2,1-3H3,(H,18,22)(H,19,20,21). The first kappa shape index (κ1) is 19.7. The molecule has 0 saturated heterocycles. The van der Waals surface area contributed by atoms with Gasteiger partial charge < -0.3 is 10.1 Å². The molecule has 0 aliphatic rings. The largest absolute Gasteiger partial charge is 0.493 e. The van der Waals surface area contributed by atoms with E-state index in [1.807, 2.05) is 13.8 Å². The highest BCUT2D eigenvalue weighted by Gasteiger charge is 2.17. The van der Waals surface area contributed by atoms with Crippen LogP contribution >= 0.6 is 59.6 Å². The maximum Gasteiger partial charge on any atom is 0.234 e. The van der Waals surface area contributed by atoms with Crippen LogP contribution in [0.1, 0.15) is 25.6 Å². The van der Waals surface area contributed by atoms with E-state index in [1.165, 1.54) is 11.8 Å². The lowest BCUT2D eigenvalue weighted by Crippen LogP contribution is -2.15. The number of ether oxygens (including phenoxy) is 1. The lowest BCUT2D eigenvalue weighted by molar-refractivity contribution is -0.113. The van der Waals surface area contributed by atoms with Crippen LogP contribution in [0.15, 0.2) is 24.6 Å². The molecule has 0 spiro atoms. The summed E-state index contributed by atoms with van der Waals surface area (Å²) in [6, 6.07) is 1.78. The van der Waals surface area contributed by atoms with Gasteiger partial charge in [0.05, 0.1) is 23.0 Å². The molecule has 0 fully saturated rings. The highest BCUT2D eigenvalue weighted by atomic mass is 79.9. The molecule has 2 aromatic rings. The van der Waals surface area contributed by atoms with Crippen molar-refractivity contribution in [3.63, 3.8) is 0 Å². The first-order valence-corrected chi connectivity index (χ1v) is 10.3. The molecule has 0 radical (unpaired) electrons. The van der Waals surface area contributed by atoms with Crippen molar-refractivity contribution < 1.29 is 9.53 Å². The zero-order valence-electron chi connectivity index (χ0n) is 13.1. The zero-order valence-corrected chi connectivity index (χ0v) is 18.7. The fraction of sp³-hybridized carbons (Fsp3) is 0.357. The van der Waals surface area contributed by atoms with Gasteiger partial charge in [0, 0.05) is 14.9 Å². The van der Waals surface area contributed by atoms with E-state index < -0.39 is 0 Å². The number of H-pyrrole nitrogens is 1. The number of benzene rings is 1. The molecule has 130 valence electrons. The summed E-state index contributed by atoms with van der Waals surface area (Å²) < 4.78 is 7.69. The van der Waals surface area contributed by atoms with Crippen molar-refractivity contribution in [2.75, 3.05) is 18.2 Å². The fourth-order valence-corrected chi connectivity index (χ4v) is 3.95. The monoisotopic (exact) mass is 540 g/mol. The highest BCUT2D eigenvalue weighted by Crippen LogP contribution is 2.43. The normalized spacial score (nSPS) is 11.0. The van der Waals surface area contributed by atoms with Crippen molar-refractivity contribution in [3.05, 3.63) is 25.3 Å². The molecule has 6 nitrogen and oxygen atoms in total. The molecule has 1 aromatic carbocycles. The molecule has 1 heterocycles. The van der Waals surface area contributed by atoms with Crippen molar-refractivity contribution in [2.24, 2.45) is 0 Å². The number of nitrogens with one attached hydrogen (secondary N) is 2. The Kier molecular flexibility index (Phi) is 7.14. The number of anilines is 1. The molecule has 24 heavy (non-hydrogen) atoms. The number of methoxy groups -OCH3 is 1. The number of carbonyl (C=O) groups excluding carboxylic acids is 1. The van der Waals surface area contributed by atoms with Gasteiger partial charge in [-0.2, -0.15) is 0 Å². The van der Waals surface area contributed by atoms with Crippen molar-refractivity contribution in [1.29, 1.82) is 0 Å². The van der Waals surface area contributed by atoms with Gasteiger partial charge in [0.25, 0.3) is 0 Å². The number of carbonyl (C=O) groups is 1. The van der Waals surface area contributed by atoms with Gasteiger partial charge in [-0.15, -0.1) is 5.10 Å². The van der Waals surface area contributed by atoms with Crippen LogP contribution in [0.5, 0.6) is 5.75 Å². The van der Waals surface area contributed by atoms with Gasteiger partial charge in [-0.25, -0.2) is 4.98 Å². The van der Waals surface area contributed by atoms with Gasteiger partial charge in [0.1, 0.15) is 5.82 Å². The third-order valence-electron chi connectivity index (χ3n) is 2.96. The summed E-state index contributed by atoms with van der Waals surface area (Å²) in [6.07, 6.45) is 0. The average Bonchev–Trinajstić information content (AvgIpc) is 3.00. The van der Waals surface area contributed by atoms with Crippen LogP contribution in [0.3, 0.4) is 0 Å². The van der Waals surface area contributed by atoms with Crippen LogP contribution in [0.4, 0.5) is 5.69 Å². The van der Waals surface area contributed by atoms with Crippen LogP contribution in [0.2, 0.25) is 0 Å². The minimum atomic E-state index is -0.171. The van der Waals surface area contributed by atoms with E-state index in [1.54, 1.807) is 13.2 Å². The van der Waals surface area contributed by atoms with Crippen LogP contribution in [0.25, 0.3) is 0 Å². The van der Waals surface area contributed by atoms with E-state index in [0.29, 0.717) is 16.6 Å². The molecule has 0 saturated carbocycles. The Morgan fingerprint density at radius 2 is 2.08 bits per heavy atom. The summed E-state index contributed by atoms with van der Waals surface area (Å²) in [7, 11) is 1.55. The van der Waals surface area contributed by atoms with Crippen molar-refractivity contribution in [2.45, 2.75) is 24.9 Å². The Balaban J connectivity index is 2.04. The number of thioether (sulfide) groups is 1. The van der Waals surface area contributed by atoms with E-state index in [-0.39, 0.29) is 17.6 Å². The van der Waals surface area contributed by atoms with Crippen molar-refractivity contribution in [1.82, 2.24) is 15.2 Å². The summed E-state index contributed by atoms with van der Waals surface area (Å²) in [5.41, 5.74) is 0.572. The van der Waals surface area contributed by atoms with Gasteiger partial charge in [-0.1, -0.05) is 25.6 Å². The van der Waals surface area contributed by atoms with Gasteiger partial charge in [0.15, 0.2) is 5.75 Å². The third-order valence-corrected chi connectivity index (χ3v) is 7.07. The topological polar surface area (TPSA) is 79.9 Å². The number of hydrogen-bond donors (Lipinski definition) is 2. The Bertz CT molecular complexity index is 752.